The third-order valence-corrected chi connectivity index (χ3v) is 3.79. The number of pyridine rings is 1. The predicted molar refractivity (Wildman–Crippen MR) is 89.3 cm³/mol. The molecule has 0 aliphatic carbocycles. The van der Waals surface area contributed by atoms with E-state index in [1.54, 1.807) is 30.5 Å². The van der Waals surface area contributed by atoms with Gasteiger partial charge in [0.05, 0.1) is 13.2 Å². The highest BCUT2D eigenvalue weighted by Crippen LogP contribution is 2.18. The number of morpholine rings is 1. The van der Waals surface area contributed by atoms with Crippen molar-refractivity contribution in [3.05, 3.63) is 53.7 Å². The van der Waals surface area contributed by atoms with E-state index in [4.69, 9.17) is 10.5 Å². The van der Waals surface area contributed by atoms with Crippen molar-refractivity contribution in [3.63, 3.8) is 0 Å². The van der Waals surface area contributed by atoms with Crippen molar-refractivity contribution in [2.45, 2.75) is 6.54 Å². The summed E-state index contributed by atoms with van der Waals surface area (Å²) in [6.45, 7) is 3.47. The fraction of sp³-hybridized carbons (Fsp3) is 0.294. The van der Waals surface area contributed by atoms with Gasteiger partial charge in [-0.25, -0.2) is 4.98 Å². The van der Waals surface area contributed by atoms with E-state index in [9.17, 15) is 4.79 Å². The quantitative estimate of drug-likeness (QED) is 0.835. The Morgan fingerprint density at radius 2 is 1.96 bits per heavy atom. The van der Waals surface area contributed by atoms with Crippen LogP contribution in [0.15, 0.2) is 42.6 Å². The Morgan fingerprint density at radius 3 is 2.70 bits per heavy atom. The fourth-order valence-electron chi connectivity index (χ4n) is 2.54. The van der Waals surface area contributed by atoms with Crippen LogP contribution in [0.1, 0.15) is 15.9 Å². The number of nitrogens with two attached hydrogens (primary N) is 1. The van der Waals surface area contributed by atoms with Gasteiger partial charge in [0.2, 0.25) is 0 Å². The molecular formula is C17H20N4O2. The van der Waals surface area contributed by atoms with Gasteiger partial charge in [0.15, 0.2) is 0 Å². The Morgan fingerprint density at radius 1 is 1.22 bits per heavy atom. The molecule has 1 aromatic carbocycles. The van der Waals surface area contributed by atoms with E-state index in [0.29, 0.717) is 31.0 Å². The summed E-state index contributed by atoms with van der Waals surface area (Å²) in [4.78, 5) is 18.9. The van der Waals surface area contributed by atoms with Gasteiger partial charge in [0.25, 0.3) is 5.91 Å². The lowest BCUT2D eigenvalue weighted by atomic mass is 10.2. The van der Waals surface area contributed by atoms with Crippen molar-refractivity contribution in [3.8, 4) is 0 Å². The van der Waals surface area contributed by atoms with Crippen LogP contribution in [0.2, 0.25) is 0 Å². The summed E-state index contributed by atoms with van der Waals surface area (Å²) in [5, 5.41) is 2.94. The molecule has 2 aromatic rings. The molecule has 1 fully saturated rings. The van der Waals surface area contributed by atoms with Crippen LogP contribution in [0, 0.1) is 0 Å². The first kappa shape index (κ1) is 15.3. The molecule has 0 spiro atoms. The Bertz CT molecular complexity index is 667. The topological polar surface area (TPSA) is 80.5 Å². The van der Waals surface area contributed by atoms with Gasteiger partial charge in [-0.15, -0.1) is 0 Å². The molecule has 0 unspecified atom stereocenters. The molecule has 1 saturated heterocycles. The van der Waals surface area contributed by atoms with Crippen LogP contribution in [0.25, 0.3) is 0 Å². The highest BCUT2D eigenvalue weighted by molar-refractivity contribution is 5.94. The lowest BCUT2D eigenvalue weighted by molar-refractivity contribution is 0.0950. The average Bonchev–Trinajstić information content (AvgIpc) is 2.61. The lowest BCUT2D eigenvalue weighted by Gasteiger charge is -2.29. The first-order valence-electron chi connectivity index (χ1n) is 7.64. The Labute approximate surface area is 135 Å². The molecule has 120 valence electrons. The number of aromatic nitrogens is 1. The molecule has 1 aromatic heterocycles. The van der Waals surface area contributed by atoms with Crippen LogP contribution >= 0.6 is 0 Å². The van der Waals surface area contributed by atoms with E-state index in [-0.39, 0.29) is 5.91 Å². The maximum atomic E-state index is 12.2. The van der Waals surface area contributed by atoms with Crippen molar-refractivity contribution in [2.75, 3.05) is 36.9 Å². The molecular weight excluding hydrogens is 292 g/mol. The fourth-order valence-corrected chi connectivity index (χ4v) is 2.54. The largest absolute Gasteiger partial charge is 0.399 e. The molecule has 0 saturated carbocycles. The second-order valence-electron chi connectivity index (χ2n) is 5.39. The molecule has 0 atom stereocenters. The smallest absolute Gasteiger partial charge is 0.251 e. The number of hydrogen-bond acceptors (Lipinski definition) is 5. The summed E-state index contributed by atoms with van der Waals surface area (Å²) in [5.74, 6) is 0.787. The van der Waals surface area contributed by atoms with Crippen molar-refractivity contribution in [1.82, 2.24) is 10.3 Å². The summed E-state index contributed by atoms with van der Waals surface area (Å²) in [7, 11) is 0. The first-order chi connectivity index (χ1) is 11.2. The molecule has 0 radical (unpaired) electrons. The van der Waals surface area contributed by atoms with Crippen molar-refractivity contribution < 1.29 is 9.53 Å². The van der Waals surface area contributed by atoms with Gasteiger partial charge >= 0.3 is 0 Å². The summed E-state index contributed by atoms with van der Waals surface area (Å²) in [6, 6.07) is 10.7. The number of anilines is 2. The van der Waals surface area contributed by atoms with Crippen LogP contribution < -0.4 is 16.0 Å². The molecule has 23 heavy (non-hydrogen) atoms. The number of carbonyl (C=O) groups excluding carboxylic acids is 1. The third kappa shape index (κ3) is 3.78. The zero-order valence-electron chi connectivity index (χ0n) is 12.9. The first-order valence-corrected chi connectivity index (χ1v) is 7.64. The van der Waals surface area contributed by atoms with Gasteiger partial charge in [0, 0.05) is 42.6 Å². The second kappa shape index (κ2) is 7.11. The van der Waals surface area contributed by atoms with Crippen LogP contribution in [-0.2, 0) is 11.3 Å². The van der Waals surface area contributed by atoms with Crippen LogP contribution in [0.4, 0.5) is 11.5 Å². The summed E-state index contributed by atoms with van der Waals surface area (Å²) < 4.78 is 5.38. The van der Waals surface area contributed by atoms with E-state index in [1.165, 1.54) is 0 Å². The summed E-state index contributed by atoms with van der Waals surface area (Å²) in [5.41, 5.74) is 7.87. The predicted octanol–water partition coefficient (Wildman–Crippen LogP) is 1.43. The van der Waals surface area contributed by atoms with Gasteiger partial charge in [-0.05, 0) is 30.3 Å². The molecule has 1 amide bonds. The molecule has 0 bridgehead atoms. The van der Waals surface area contributed by atoms with E-state index in [0.717, 1.165) is 24.5 Å². The van der Waals surface area contributed by atoms with Crippen molar-refractivity contribution in [1.29, 1.82) is 0 Å². The standard InChI is InChI=1S/C17H20N4O2/c18-15-5-3-13(4-6-15)17(22)20-12-14-2-1-7-19-16(14)21-8-10-23-11-9-21/h1-7H,8-12,18H2,(H,20,22). The number of amides is 1. The zero-order valence-corrected chi connectivity index (χ0v) is 12.9. The van der Waals surface area contributed by atoms with Gasteiger partial charge in [0.1, 0.15) is 5.82 Å². The van der Waals surface area contributed by atoms with Crippen molar-refractivity contribution in [2.24, 2.45) is 0 Å². The molecule has 1 aliphatic heterocycles. The van der Waals surface area contributed by atoms with Crippen LogP contribution in [-0.4, -0.2) is 37.2 Å². The normalized spacial score (nSPS) is 14.5. The minimum Gasteiger partial charge on any atom is -0.399 e. The van der Waals surface area contributed by atoms with E-state index < -0.39 is 0 Å². The molecule has 6 heteroatoms. The number of hydrogen-bond donors (Lipinski definition) is 2. The zero-order chi connectivity index (χ0) is 16.1. The highest BCUT2D eigenvalue weighted by Gasteiger charge is 2.16. The number of nitrogen functional groups attached to an aromatic ring is 1. The van der Waals surface area contributed by atoms with Gasteiger partial charge in [-0.1, -0.05) is 6.07 Å². The molecule has 2 heterocycles. The Balaban J connectivity index is 1.68. The highest BCUT2D eigenvalue weighted by atomic mass is 16.5. The van der Waals surface area contributed by atoms with E-state index in [1.807, 2.05) is 12.1 Å². The van der Waals surface area contributed by atoms with Gasteiger partial charge in [-0.3, -0.25) is 4.79 Å². The molecule has 1 aliphatic rings. The SMILES string of the molecule is Nc1ccc(C(=O)NCc2cccnc2N2CCOCC2)cc1. The van der Waals surface area contributed by atoms with Gasteiger partial charge < -0.3 is 20.7 Å². The monoisotopic (exact) mass is 312 g/mol. The number of benzene rings is 1. The van der Waals surface area contributed by atoms with Crippen molar-refractivity contribution >= 4 is 17.4 Å². The minimum atomic E-state index is -0.123. The Kier molecular flexibility index (Phi) is 4.73. The second-order valence-corrected chi connectivity index (χ2v) is 5.39. The molecule has 6 nitrogen and oxygen atoms in total. The molecule has 3 N–H and O–H groups in total. The maximum absolute atomic E-state index is 12.2. The van der Waals surface area contributed by atoms with Gasteiger partial charge in [-0.2, -0.15) is 0 Å². The maximum Gasteiger partial charge on any atom is 0.251 e. The van der Waals surface area contributed by atoms with Crippen LogP contribution in [0.5, 0.6) is 0 Å². The average molecular weight is 312 g/mol. The number of ether oxygens (including phenoxy) is 1. The Hall–Kier alpha value is -2.60. The summed E-state index contributed by atoms with van der Waals surface area (Å²) in [6.07, 6.45) is 1.77. The third-order valence-electron chi connectivity index (χ3n) is 3.79. The number of rotatable bonds is 4. The lowest BCUT2D eigenvalue weighted by Crippen LogP contribution is -2.37. The van der Waals surface area contributed by atoms with Crippen LogP contribution in [0.3, 0.4) is 0 Å². The number of carbonyl (C=O) groups is 1. The van der Waals surface area contributed by atoms with E-state index in [2.05, 4.69) is 15.2 Å². The van der Waals surface area contributed by atoms with E-state index >= 15 is 0 Å². The number of nitrogens with one attached hydrogen (secondary N) is 1. The molecule has 3 rings (SSSR count). The minimum absolute atomic E-state index is 0.123. The summed E-state index contributed by atoms with van der Waals surface area (Å²) >= 11 is 0. The number of nitrogens with zero attached hydrogens (tertiary/aromatic N) is 2.